The van der Waals surface area contributed by atoms with Gasteiger partial charge in [0, 0.05) is 11.8 Å². The van der Waals surface area contributed by atoms with E-state index in [1.807, 2.05) is 66.5 Å². The predicted octanol–water partition coefficient (Wildman–Crippen LogP) is 5.37. The van der Waals surface area contributed by atoms with Crippen LogP contribution in [0.5, 0.6) is 0 Å². The molecule has 2 aliphatic heterocycles. The lowest BCUT2D eigenvalue weighted by Gasteiger charge is -2.71. The molecule has 10 atom stereocenters. The molecule has 232 valence electrons. The van der Waals surface area contributed by atoms with Gasteiger partial charge in [-0.3, -0.25) is 0 Å². The number of fused-ring (bicyclic) bond motifs is 1. The zero-order chi connectivity index (χ0) is 30.7. The van der Waals surface area contributed by atoms with Gasteiger partial charge in [0.05, 0.1) is 28.5 Å². The summed E-state index contributed by atoms with van der Waals surface area (Å²) in [5.41, 5.74) is -2.46. The number of rotatable bonds is 5. The van der Waals surface area contributed by atoms with E-state index in [0.29, 0.717) is 18.0 Å². The van der Waals surface area contributed by atoms with E-state index >= 15 is 0 Å². The molecule has 1 aromatic carbocycles. The Bertz CT molecular complexity index is 1610. The van der Waals surface area contributed by atoms with Crippen molar-refractivity contribution in [3.05, 3.63) is 75.6 Å². The Morgan fingerprint density at radius 2 is 1.63 bits per heavy atom. The second-order valence-corrected chi connectivity index (χ2v) is 15.8. The summed E-state index contributed by atoms with van der Waals surface area (Å²) >= 11 is 0. The number of allylic oxidation sites excluding steroid dienone is 3. The molecule has 6 aliphatic rings. The second-order valence-electron chi connectivity index (χ2n) is 15.8. The summed E-state index contributed by atoms with van der Waals surface area (Å²) in [6, 6.07) is 9.31. The Kier molecular flexibility index (Phi) is 6.22. The lowest BCUT2D eigenvalue weighted by Crippen LogP contribution is -2.76. The van der Waals surface area contributed by atoms with Gasteiger partial charge in [0.15, 0.2) is 0 Å². The molecule has 43 heavy (non-hydrogen) atoms. The fourth-order valence-corrected chi connectivity index (χ4v) is 11.0. The van der Waals surface area contributed by atoms with Gasteiger partial charge in [0.25, 0.3) is 0 Å². The molecule has 2 N–H and O–H groups in total. The summed E-state index contributed by atoms with van der Waals surface area (Å²) in [6.45, 7) is 13.0. The maximum Gasteiger partial charge on any atom is 0.352 e. The fraction of sp³-hybridized carbons (Fsp3) is 0.667. The highest BCUT2D eigenvalue weighted by molar-refractivity contribution is 5.38. The first-order valence-electron chi connectivity index (χ1n) is 16.6. The molecule has 3 fully saturated rings. The molecule has 0 radical (unpaired) electrons. The Labute approximate surface area is 254 Å². The lowest BCUT2D eigenvalue weighted by atomic mass is 9.40. The molecule has 3 heterocycles. The molecule has 7 heteroatoms. The largest absolute Gasteiger partial charge is 0.393 e. The molecule has 1 aromatic heterocycles. The third-order valence-electron chi connectivity index (χ3n) is 13.7. The molecular weight excluding hydrogens is 538 g/mol. The molecule has 2 bridgehead atoms. The lowest BCUT2D eigenvalue weighted by molar-refractivity contribution is -0.199. The van der Waals surface area contributed by atoms with Gasteiger partial charge < -0.3 is 10.2 Å². The number of aliphatic hydroxyl groups excluding tert-OH is 1. The monoisotopic (exact) mass is 587 g/mol. The van der Waals surface area contributed by atoms with E-state index in [1.165, 1.54) is 4.57 Å². The van der Waals surface area contributed by atoms with Crippen molar-refractivity contribution in [3.8, 4) is 5.69 Å². The number of para-hydroxylation sites is 1. The molecule has 3 unspecified atom stereocenters. The summed E-state index contributed by atoms with van der Waals surface area (Å²) in [5.74, 6) is 1.20. The van der Waals surface area contributed by atoms with Gasteiger partial charge in [-0.25, -0.2) is 23.5 Å². The highest BCUT2D eigenvalue weighted by Crippen LogP contribution is 2.74. The SMILES string of the molecule is CC(C)[C@](C)(O)C=C[C@@H](C)[C@H]1CC[C@H]2C34C=CC5(CC(O)CC[C@]5(C)[C@H]3CC[C@]12C)n1c(=O)n(-c2ccccc2)c(=O)n14. The minimum atomic E-state index is -0.855. The molecule has 4 aliphatic carbocycles. The van der Waals surface area contributed by atoms with Crippen LogP contribution in [-0.4, -0.2) is 35.8 Å². The molecule has 8 rings (SSSR count). The summed E-state index contributed by atoms with van der Waals surface area (Å²) in [7, 11) is 0. The number of hydrogen-bond donors (Lipinski definition) is 2. The third kappa shape index (κ3) is 3.50. The van der Waals surface area contributed by atoms with Gasteiger partial charge in [-0.2, -0.15) is 0 Å². The first-order valence-corrected chi connectivity index (χ1v) is 16.6. The van der Waals surface area contributed by atoms with Crippen molar-refractivity contribution in [2.75, 3.05) is 0 Å². The number of hydrogen-bond acceptors (Lipinski definition) is 4. The highest BCUT2D eigenvalue weighted by Gasteiger charge is 2.75. The van der Waals surface area contributed by atoms with E-state index in [-0.39, 0.29) is 45.9 Å². The van der Waals surface area contributed by atoms with E-state index < -0.39 is 22.8 Å². The normalized spacial score (nSPS) is 41.5. The van der Waals surface area contributed by atoms with Crippen LogP contribution in [0.4, 0.5) is 0 Å². The summed E-state index contributed by atoms with van der Waals surface area (Å²) in [5, 5.41) is 22.0. The number of benzene rings is 1. The number of nitrogens with zero attached hydrogens (tertiary/aromatic N) is 3. The van der Waals surface area contributed by atoms with Crippen LogP contribution in [0.1, 0.15) is 86.5 Å². The van der Waals surface area contributed by atoms with Crippen LogP contribution in [0.3, 0.4) is 0 Å². The predicted molar refractivity (Wildman–Crippen MR) is 168 cm³/mol. The minimum absolute atomic E-state index is 0.0364. The molecule has 3 saturated carbocycles. The fourth-order valence-electron chi connectivity index (χ4n) is 11.0. The summed E-state index contributed by atoms with van der Waals surface area (Å²) in [6.07, 6.45) is 14.4. The van der Waals surface area contributed by atoms with E-state index in [0.717, 1.165) is 38.5 Å². The first kappa shape index (κ1) is 29.1. The van der Waals surface area contributed by atoms with Crippen LogP contribution < -0.4 is 11.4 Å². The van der Waals surface area contributed by atoms with Crippen LogP contribution in [0, 0.1) is 40.4 Å². The second kappa shape index (κ2) is 9.20. The van der Waals surface area contributed by atoms with Gasteiger partial charge in [-0.15, -0.1) is 0 Å². The molecule has 0 amide bonds. The average Bonchev–Trinajstić information content (AvgIpc) is 3.47. The van der Waals surface area contributed by atoms with Gasteiger partial charge in [-0.1, -0.05) is 77.1 Å². The van der Waals surface area contributed by atoms with Crippen LogP contribution in [0.2, 0.25) is 0 Å². The van der Waals surface area contributed by atoms with Crippen LogP contribution in [0.15, 0.2) is 64.2 Å². The quantitative estimate of drug-likeness (QED) is 0.461. The van der Waals surface area contributed by atoms with Crippen molar-refractivity contribution in [1.29, 1.82) is 0 Å². The highest BCUT2D eigenvalue weighted by atomic mass is 16.3. The van der Waals surface area contributed by atoms with E-state index in [1.54, 1.807) is 0 Å². The Balaban J connectivity index is 1.42. The first-order chi connectivity index (χ1) is 20.2. The Morgan fingerprint density at radius 1 is 0.930 bits per heavy atom. The van der Waals surface area contributed by atoms with Crippen molar-refractivity contribution in [1.82, 2.24) is 13.9 Å². The van der Waals surface area contributed by atoms with Gasteiger partial charge >= 0.3 is 11.4 Å². The van der Waals surface area contributed by atoms with Gasteiger partial charge in [0.2, 0.25) is 0 Å². The molecular formula is C36H49N3O4. The van der Waals surface area contributed by atoms with Crippen molar-refractivity contribution in [2.45, 2.75) is 109 Å². The minimum Gasteiger partial charge on any atom is -0.393 e. The third-order valence-corrected chi connectivity index (χ3v) is 13.7. The molecule has 2 aromatic rings. The van der Waals surface area contributed by atoms with Crippen LogP contribution in [-0.2, 0) is 11.1 Å². The summed E-state index contributed by atoms with van der Waals surface area (Å²) in [4.78, 5) is 29.2. The van der Waals surface area contributed by atoms with Crippen LogP contribution in [0.25, 0.3) is 5.69 Å². The average molecular weight is 588 g/mol. The maximum atomic E-state index is 14.7. The standard InChI is InChI=1S/C36H49N3O4/c1-23(2)34(6,43)19-14-24(3)27-12-13-28-32(27,4)17-16-29-33(5)18-15-26(40)22-35(33)20-21-36(28,29)39-31(42)37(30(41)38(35)39)25-10-8-7-9-11-25/h7-11,14,19-21,23-24,26-29,40,43H,12-13,15-18,22H2,1-6H3/t24-,26?,27-,28-,29-,32-,33-,34-,35?,36?/m1/s1. The maximum absolute atomic E-state index is 14.7. The number of aromatic nitrogens is 3. The molecule has 7 nitrogen and oxygen atoms in total. The molecule has 2 spiro atoms. The zero-order valence-corrected chi connectivity index (χ0v) is 26.7. The Morgan fingerprint density at radius 3 is 2.33 bits per heavy atom. The van der Waals surface area contributed by atoms with Crippen molar-refractivity contribution < 1.29 is 10.2 Å². The van der Waals surface area contributed by atoms with E-state index in [9.17, 15) is 19.8 Å². The van der Waals surface area contributed by atoms with Crippen molar-refractivity contribution >= 4 is 0 Å². The zero-order valence-electron chi connectivity index (χ0n) is 26.7. The number of aliphatic hydroxyl groups is 2. The summed E-state index contributed by atoms with van der Waals surface area (Å²) < 4.78 is 5.07. The Hall–Kier alpha value is -2.64. The molecule has 0 saturated heterocycles. The van der Waals surface area contributed by atoms with Crippen molar-refractivity contribution in [3.63, 3.8) is 0 Å². The van der Waals surface area contributed by atoms with E-state index in [4.69, 9.17) is 0 Å². The van der Waals surface area contributed by atoms with Crippen LogP contribution >= 0.6 is 0 Å². The van der Waals surface area contributed by atoms with E-state index in [2.05, 4.69) is 39.0 Å². The van der Waals surface area contributed by atoms with Crippen molar-refractivity contribution in [2.24, 2.45) is 40.4 Å². The van der Waals surface area contributed by atoms with Gasteiger partial charge in [0.1, 0.15) is 0 Å². The topological polar surface area (TPSA) is 89.4 Å². The van der Waals surface area contributed by atoms with Gasteiger partial charge in [-0.05, 0) is 92.6 Å². The smallest absolute Gasteiger partial charge is 0.352 e.